The highest BCUT2D eigenvalue weighted by Crippen LogP contribution is 2.40. The highest BCUT2D eigenvalue weighted by molar-refractivity contribution is 9.10. The van der Waals surface area contributed by atoms with Gasteiger partial charge in [0.15, 0.2) is 13.9 Å². The number of aromatic nitrogens is 2. The smallest absolute Gasteiger partial charge is 0.408 e. The second-order valence-electron chi connectivity index (χ2n) is 13.5. The molecule has 1 fully saturated rings. The molecule has 12 heteroatoms. The van der Waals surface area contributed by atoms with Gasteiger partial charge in [0, 0.05) is 25.2 Å². The summed E-state index contributed by atoms with van der Waals surface area (Å²) >= 11 is 3.41. The number of nitrogens with one attached hydrogen (secondary N) is 2. The van der Waals surface area contributed by atoms with Crippen molar-refractivity contribution < 1.29 is 23.2 Å². The minimum absolute atomic E-state index is 0.00592. The molecule has 2 N–H and O–H groups in total. The van der Waals surface area contributed by atoms with Crippen molar-refractivity contribution in [1.82, 2.24) is 15.3 Å². The van der Waals surface area contributed by atoms with E-state index in [0.29, 0.717) is 34.3 Å². The maximum atomic E-state index is 13.3. The zero-order chi connectivity index (χ0) is 31.0. The molecule has 0 unspecified atom stereocenters. The number of furan rings is 1. The second kappa shape index (κ2) is 12.0. The molecule has 1 saturated heterocycles. The van der Waals surface area contributed by atoms with Crippen LogP contribution in [0, 0.1) is 5.92 Å². The first-order chi connectivity index (χ1) is 19.4. The van der Waals surface area contributed by atoms with Crippen molar-refractivity contribution in [3.63, 3.8) is 0 Å². The van der Waals surface area contributed by atoms with E-state index in [-0.39, 0.29) is 34.7 Å². The summed E-state index contributed by atoms with van der Waals surface area (Å²) in [5, 5.41) is 6.09. The zero-order valence-corrected chi connectivity index (χ0v) is 28.5. The lowest BCUT2D eigenvalue weighted by atomic mass is 9.92. The number of hydrogen-bond donors (Lipinski definition) is 2. The Morgan fingerprint density at radius 3 is 2.50 bits per heavy atom. The Labute approximate surface area is 257 Å². The molecule has 0 aliphatic carbocycles. The first-order valence-corrected chi connectivity index (χ1v) is 17.9. The van der Waals surface area contributed by atoms with Crippen molar-refractivity contribution in [1.29, 1.82) is 0 Å². The molecule has 3 aromatic rings. The van der Waals surface area contributed by atoms with E-state index in [0.717, 1.165) is 5.69 Å². The number of piperidine rings is 1. The highest BCUT2D eigenvalue weighted by atomic mass is 79.9. The van der Waals surface area contributed by atoms with Gasteiger partial charge in [-0.1, -0.05) is 27.7 Å². The molecule has 0 aromatic carbocycles. The largest absolute Gasteiger partial charge is 0.461 e. The third-order valence-corrected chi connectivity index (χ3v) is 12.9. The summed E-state index contributed by atoms with van der Waals surface area (Å²) in [6, 6.07) is 4.85. The van der Waals surface area contributed by atoms with Crippen molar-refractivity contribution in [2.45, 2.75) is 84.3 Å². The molecule has 0 bridgehead atoms. The number of anilines is 2. The molecular weight excluding hydrogens is 618 g/mol. The van der Waals surface area contributed by atoms with Crippen LogP contribution in [0.4, 0.5) is 16.2 Å². The second-order valence-corrected chi connectivity index (χ2v) is 19.1. The van der Waals surface area contributed by atoms with Crippen LogP contribution in [0.3, 0.4) is 0 Å². The van der Waals surface area contributed by atoms with E-state index in [9.17, 15) is 9.59 Å². The van der Waals surface area contributed by atoms with Crippen LogP contribution in [0.15, 0.2) is 45.7 Å². The van der Waals surface area contributed by atoms with Crippen molar-refractivity contribution in [3.05, 3.63) is 47.0 Å². The summed E-state index contributed by atoms with van der Waals surface area (Å²) in [5.74, 6) is -0.307. The predicted molar refractivity (Wildman–Crippen MR) is 171 cm³/mol. The van der Waals surface area contributed by atoms with Crippen LogP contribution in [0.1, 0.15) is 59.0 Å². The number of rotatable bonds is 6. The molecule has 4 heterocycles. The summed E-state index contributed by atoms with van der Waals surface area (Å²) in [4.78, 5) is 37.1. The van der Waals surface area contributed by atoms with Crippen LogP contribution in [0.2, 0.25) is 18.1 Å². The fourth-order valence-electron chi connectivity index (χ4n) is 4.72. The SMILES string of the molecule is C[C@H]1CN(c2ccncc2NC(=O)c2ccc3occ(Br)c3n2)C[C@@H](NC(=O)OC(C)(C)C)[C@@H]1O[Si](C)(C)C(C)(C)C. The third-order valence-electron chi connectivity index (χ3n) is 7.82. The minimum Gasteiger partial charge on any atom is -0.461 e. The summed E-state index contributed by atoms with van der Waals surface area (Å²) in [6.07, 6.45) is 4.16. The minimum atomic E-state index is -2.16. The van der Waals surface area contributed by atoms with Gasteiger partial charge in [0.05, 0.1) is 34.2 Å². The fraction of sp³-hybridized carbons (Fsp3) is 0.533. The number of pyridine rings is 2. The zero-order valence-electron chi connectivity index (χ0n) is 25.9. The maximum absolute atomic E-state index is 13.3. The van der Waals surface area contributed by atoms with Gasteiger partial charge in [-0.15, -0.1) is 0 Å². The standard InChI is InChI=1S/C30H42BrN5O5Si/c1-18-15-36(16-22(35-28(38)40-29(2,3)4)26(18)41-42(8,9)30(5,6)7)23-12-13-32-14-21(23)34-27(37)20-10-11-24-25(33-20)19(31)17-39-24/h10-14,17-18,22,26H,15-16H2,1-9H3,(H,34,37)(H,35,38)/t18-,22+,26+/m0/s1. The monoisotopic (exact) mass is 659 g/mol. The van der Waals surface area contributed by atoms with E-state index in [1.807, 2.05) is 26.8 Å². The van der Waals surface area contributed by atoms with Gasteiger partial charge in [0.25, 0.3) is 5.91 Å². The van der Waals surface area contributed by atoms with Gasteiger partial charge in [-0.25, -0.2) is 9.78 Å². The van der Waals surface area contributed by atoms with Gasteiger partial charge < -0.3 is 29.1 Å². The molecule has 0 saturated carbocycles. The molecule has 228 valence electrons. The fourth-order valence-corrected chi connectivity index (χ4v) is 6.53. The first kappa shape index (κ1) is 32.0. The average Bonchev–Trinajstić information content (AvgIpc) is 3.24. The molecule has 1 aliphatic heterocycles. The Balaban J connectivity index is 1.60. The van der Waals surface area contributed by atoms with E-state index < -0.39 is 20.0 Å². The molecule has 2 amide bonds. The van der Waals surface area contributed by atoms with Crippen molar-refractivity contribution >= 4 is 58.7 Å². The van der Waals surface area contributed by atoms with Crippen molar-refractivity contribution in [2.24, 2.45) is 5.92 Å². The lowest BCUT2D eigenvalue weighted by Crippen LogP contribution is -2.63. The predicted octanol–water partition coefficient (Wildman–Crippen LogP) is 6.98. The number of alkyl carbamates (subject to hydrolysis) is 1. The van der Waals surface area contributed by atoms with Gasteiger partial charge in [0.2, 0.25) is 0 Å². The molecule has 10 nitrogen and oxygen atoms in total. The summed E-state index contributed by atoms with van der Waals surface area (Å²) in [5.41, 5.74) is 2.10. The van der Waals surface area contributed by atoms with E-state index in [1.54, 1.807) is 30.8 Å². The van der Waals surface area contributed by atoms with Gasteiger partial charge >= 0.3 is 6.09 Å². The van der Waals surface area contributed by atoms with Crippen LogP contribution in [0.25, 0.3) is 11.1 Å². The normalized spacial score (nSPS) is 20.0. The maximum Gasteiger partial charge on any atom is 0.408 e. The number of ether oxygens (including phenoxy) is 1. The van der Waals surface area contributed by atoms with Gasteiger partial charge in [-0.3, -0.25) is 9.78 Å². The molecular formula is C30H42BrN5O5Si. The van der Waals surface area contributed by atoms with Crippen LogP contribution in [-0.2, 0) is 9.16 Å². The molecule has 0 spiro atoms. The Bertz CT molecular complexity index is 1450. The third kappa shape index (κ3) is 7.32. The van der Waals surface area contributed by atoms with Crippen molar-refractivity contribution in [2.75, 3.05) is 23.3 Å². The number of fused-ring (bicyclic) bond motifs is 1. The van der Waals surface area contributed by atoms with Gasteiger partial charge in [0.1, 0.15) is 23.1 Å². The highest BCUT2D eigenvalue weighted by Gasteiger charge is 2.45. The molecule has 42 heavy (non-hydrogen) atoms. The Kier molecular flexibility index (Phi) is 9.10. The Hall–Kier alpha value is -2.96. The lowest BCUT2D eigenvalue weighted by molar-refractivity contribution is 0.0336. The molecule has 1 aliphatic rings. The Morgan fingerprint density at radius 1 is 1.12 bits per heavy atom. The number of carbonyl (C=O) groups is 2. The number of hydrogen-bond acceptors (Lipinski definition) is 8. The molecule has 3 aromatic heterocycles. The Morgan fingerprint density at radius 2 is 1.83 bits per heavy atom. The number of nitrogens with zero attached hydrogens (tertiary/aromatic N) is 3. The van der Waals surface area contributed by atoms with Crippen LogP contribution in [-0.4, -0.2) is 61.1 Å². The van der Waals surface area contributed by atoms with E-state index in [2.05, 4.69) is 82.2 Å². The van der Waals surface area contributed by atoms with Gasteiger partial charge in [-0.2, -0.15) is 0 Å². The van der Waals surface area contributed by atoms with Crippen LogP contribution in [0.5, 0.6) is 0 Å². The summed E-state index contributed by atoms with van der Waals surface area (Å²) < 4.78 is 18.6. The van der Waals surface area contributed by atoms with E-state index in [4.69, 9.17) is 13.6 Å². The first-order valence-electron chi connectivity index (χ1n) is 14.2. The van der Waals surface area contributed by atoms with Crippen molar-refractivity contribution in [3.8, 4) is 0 Å². The van der Waals surface area contributed by atoms with E-state index in [1.165, 1.54) is 0 Å². The van der Waals surface area contributed by atoms with Crippen LogP contribution < -0.4 is 15.5 Å². The van der Waals surface area contributed by atoms with Crippen LogP contribution >= 0.6 is 15.9 Å². The number of halogens is 1. The molecule has 0 radical (unpaired) electrons. The molecule has 4 rings (SSSR count). The summed E-state index contributed by atoms with van der Waals surface area (Å²) in [7, 11) is -2.16. The lowest BCUT2D eigenvalue weighted by Gasteiger charge is -2.48. The topological polar surface area (TPSA) is 119 Å². The van der Waals surface area contributed by atoms with E-state index >= 15 is 0 Å². The average molecular weight is 661 g/mol. The number of carbonyl (C=O) groups excluding carboxylic acids is 2. The number of amides is 2. The van der Waals surface area contributed by atoms with Gasteiger partial charge in [-0.05, 0) is 73.0 Å². The quantitative estimate of drug-likeness (QED) is 0.272. The molecule has 3 atom stereocenters. The summed E-state index contributed by atoms with van der Waals surface area (Å²) in [6.45, 7) is 19.8.